The number of benzene rings is 2. The van der Waals surface area contributed by atoms with Gasteiger partial charge in [-0.25, -0.2) is 0 Å². The van der Waals surface area contributed by atoms with Crippen LogP contribution < -0.4 is 19.7 Å². The number of halogens is 1. The van der Waals surface area contributed by atoms with Crippen molar-refractivity contribution < 1.29 is 19.2 Å². The number of rotatable bonds is 4. The van der Waals surface area contributed by atoms with Crippen molar-refractivity contribution in [1.29, 1.82) is 0 Å². The van der Waals surface area contributed by atoms with Crippen molar-refractivity contribution in [3.8, 4) is 11.5 Å². The molecule has 0 saturated carbocycles. The molecule has 2 aliphatic rings. The van der Waals surface area contributed by atoms with E-state index in [-0.39, 0.29) is 5.91 Å². The first-order valence-corrected chi connectivity index (χ1v) is 10.3. The molecular formula is C22H26ClN2O3+. The first-order chi connectivity index (χ1) is 13.6. The third-order valence-corrected chi connectivity index (χ3v) is 5.75. The standard InChI is InChI=1S/C22H25ClN2O3/c1-15-5-7-17(23)13-18(15)24-22(26)14-25-9-2-4-19(25)16-6-8-20-21(12-16)28-11-3-10-27-20/h5-8,12-13,19H,2-4,9-11,14H2,1H3,(H,24,26)/p+1/t19-/m1/s1. The number of ether oxygens (including phenoxy) is 2. The van der Waals surface area contributed by atoms with Gasteiger partial charge in [0.15, 0.2) is 18.0 Å². The summed E-state index contributed by atoms with van der Waals surface area (Å²) in [6.07, 6.45) is 3.07. The first-order valence-electron chi connectivity index (χ1n) is 9.90. The van der Waals surface area contributed by atoms with Crippen LogP contribution in [0.2, 0.25) is 5.02 Å². The number of fused-ring (bicyclic) bond motifs is 1. The fourth-order valence-corrected chi connectivity index (χ4v) is 4.22. The highest BCUT2D eigenvalue weighted by Crippen LogP contribution is 2.33. The van der Waals surface area contributed by atoms with E-state index in [9.17, 15) is 4.79 Å². The zero-order valence-corrected chi connectivity index (χ0v) is 16.8. The molecule has 0 spiro atoms. The molecule has 28 heavy (non-hydrogen) atoms. The lowest BCUT2D eigenvalue weighted by Crippen LogP contribution is -3.11. The second-order valence-corrected chi connectivity index (χ2v) is 7.98. The summed E-state index contributed by atoms with van der Waals surface area (Å²) in [6.45, 7) is 4.76. The van der Waals surface area contributed by atoms with Gasteiger partial charge in [0.25, 0.3) is 5.91 Å². The molecule has 2 aromatic carbocycles. The van der Waals surface area contributed by atoms with Gasteiger partial charge in [-0.15, -0.1) is 0 Å². The maximum atomic E-state index is 12.7. The maximum Gasteiger partial charge on any atom is 0.279 e. The van der Waals surface area contributed by atoms with E-state index in [0.717, 1.165) is 48.6 Å². The van der Waals surface area contributed by atoms with Crippen LogP contribution >= 0.6 is 11.6 Å². The van der Waals surface area contributed by atoms with Crippen LogP contribution in [0.5, 0.6) is 11.5 Å². The van der Waals surface area contributed by atoms with Gasteiger partial charge in [-0.2, -0.15) is 0 Å². The van der Waals surface area contributed by atoms with Crippen LogP contribution in [0.25, 0.3) is 0 Å². The van der Waals surface area contributed by atoms with E-state index >= 15 is 0 Å². The molecule has 0 aliphatic carbocycles. The second-order valence-electron chi connectivity index (χ2n) is 7.54. The summed E-state index contributed by atoms with van der Waals surface area (Å²) < 4.78 is 11.6. The lowest BCUT2D eigenvalue weighted by molar-refractivity contribution is -0.910. The quantitative estimate of drug-likeness (QED) is 0.827. The Bertz CT molecular complexity index is 871. The number of carbonyl (C=O) groups is 1. The minimum Gasteiger partial charge on any atom is -0.490 e. The van der Waals surface area contributed by atoms with Crippen molar-refractivity contribution in [3.63, 3.8) is 0 Å². The number of carbonyl (C=O) groups excluding carboxylic acids is 1. The van der Waals surface area contributed by atoms with Crippen LogP contribution in [0.1, 0.15) is 36.4 Å². The van der Waals surface area contributed by atoms with Crippen LogP contribution in [-0.4, -0.2) is 32.2 Å². The van der Waals surface area contributed by atoms with Gasteiger partial charge in [0.2, 0.25) is 0 Å². The summed E-state index contributed by atoms with van der Waals surface area (Å²) in [6, 6.07) is 12.1. The van der Waals surface area contributed by atoms with Gasteiger partial charge in [-0.1, -0.05) is 17.7 Å². The molecule has 148 valence electrons. The smallest absolute Gasteiger partial charge is 0.279 e. The van der Waals surface area contributed by atoms with Crippen LogP contribution in [0, 0.1) is 6.92 Å². The molecule has 5 nitrogen and oxygen atoms in total. The Balaban J connectivity index is 1.45. The van der Waals surface area contributed by atoms with Gasteiger partial charge in [0, 0.05) is 35.5 Å². The highest BCUT2D eigenvalue weighted by molar-refractivity contribution is 6.31. The zero-order chi connectivity index (χ0) is 19.5. The largest absolute Gasteiger partial charge is 0.490 e. The summed E-state index contributed by atoms with van der Waals surface area (Å²) >= 11 is 6.06. The number of amides is 1. The number of hydrogen-bond donors (Lipinski definition) is 2. The molecule has 0 bridgehead atoms. The molecule has 2 N–H and O–H groups in total. The van der Waals surface area contributed by atoms with Crippen LogP contribution in [0.15, 0.2) is 36.4 Å². The Labute approximate surface area is 170 Å². The number of hydrogen-bond acceptors (Lipinski definition) is 3. The Hall–Kier alpha value is -2.24. The van der Waals surface area contributed by atoms with Crippen molar-refractivity contribution in [2.45, 2.75) is 32.2 Å². The Morgan fingerprint density at radius 3 is 2.82 bits per heavy atom. The molecule has 1 fully saturated rings. The van der Waals surface area contributed by atoms with Gasteiger partial charge in [-0.05, 0) is 42.8 Å². The van der Waals surface area contributed by atoms with E-state index in [4.69, 9.17) is 21.1 Å². The molecule has 4 rings (SSSR count). The van der Waals surface area contributed by atoms with E-state index < -0.39 is 0 Å². The Morgan fingerprint density at radius 1 is 1.14 bits per heavy atom. The van der Waals surface area contributed by atoms with Gasteiger partial charge in [0.1, 0.15) is 6.04 Å². The van der Waals surface area contributed by atoms with Crippen molar-refractivity contribution in [2.24, 2.45) is 0 Å². The topological polar surface area (TPSA) is 52.0 Å². The molecular weight excluding hydrogens is 376 g/mol. The lowest BCUT2D eigenvalue weighted by atomic mass is 10.0. The predicted octanol–water partition coefficient (Wildman–Crippen LogP) is 3.17. The van der Waals surface area contributed by atoms with Crippen molar-refractivity contribution in [1.82, 2.24) is 0 Å². The highest BCUT2D eigenvalue weighted by atomic mass is 35.5. The lowest BCUT2D eigenvalue weighted by Gasteiger charge is -2.22. The van der Waals surface area contributed by atoms with Crippen molar-refractivity contribution in [2.75, 3.05) is 31.6 Å². The van der Waals surface area contributed by atoms with Crippen LogP contribution in [0.3, 0.4) is 0 Å². The summed E-state index contributed by atoms with van der Waals surface area (Å²) in [5.41, 5.74) is 3.00. The molecule has 2 heterocycles. The average molecular weight is 402 g/mol. The van der Waals surface area contributed by atoms with Gasteiger partial charge in [-0.3, -0.25) is 4.79 Å². The highest BCUT2D eigenvalue weighted by Gasteiger charge is 2.32. The summed E-state index contributed by atoms with van der Waals surface area (Å²) in [4.78, 5) is 14.0. The zero-order valence-electron chi connectivity index (χ0n) is 16.1. The van der Waals surface area contributed by atoms with E-state index in [1.54, 1.807) is 6.07 Å². The van der Waals surface area contributed by atoms with Crippen molar-refractivity contribution >= 4 is 23.2 Å². The summed E-state index contributed by atoms with van der Waals surface area (Å²) in [5, 5.41) is 3.64. The van der Waals surface area contributed by atoms with E-state index in [1.807, 2.05) is 25.1 Å². The monoisotopic (exact) mass is 401 g/mol. The van der Waals surface area contributed by atoms with Gasteiger partial charge < -0.3 is 19.7 Å². The molecule has 0 aromatic heterocycles. The number of quaternary nitrogens is 1. The van der Waals surface area contributed by atoms with Crippen LogP contribution in [-0.2, 0) is 4.79 Å². The second kappa shape index (κ2) is 8.41. The number of likely N-dealkylation sites (tertiary alicyclic amines) is 1. The molecule has 0 radical (unpaired) electrons. The summed E-state index contributed by atoms with van der Waals surface area (Å²) in [5.74, 6) is 1.65. The fourth-order valence-electron chi connectivity index (χ4n) is 4.05. The third-order valence-electron chi connectivity index (χ3n) is 5.52. The predicted molar refractivity (Wildman–Crippen MR) is 110 cm³/mol. The third kappa shape index (κ3) is 4.26. The molecule has 6 heteroatoms. The maximum absolute atomic E-state index is 12.7. The SMILES string of the molecule is Cc1ccc(Cl)cc1NC(=O)C[NH+]1CCC[C@@H]1c1ccc2c(c1)OCCCO2. The molecule has 1 amide bonds. The molecule has 2 aromatic rings. The average Bonchev–Trinajstić information content (AvgIpc) is 3.00. The molecule has 2 aliphatic heterocycles. The van der Waals surface area contributed by atoms with Crippen LogP contribution in [0.4, 0.5) is 5.69 Å². The van der Waals surface area contributed by atoms with E-state index in [2.05, 4.69) is 17.4 Å². The molecule has 1 saturated heterocycles. The van der Waals surface area contributed by atoms with Gasteiger partial charge >= 0.3 is 0 Å². The Morgan fingerprint density at radius 2 is 1.96 bits per heavy atom. The van der Waals surface area contributed by atoms with E-state index in [0.29, 0.717) is 30.8 Å². The number of aryl methyl sites for hydroxylation is 1. The minimum absolute atomic E-state index is 0.0154. The fraction of sp³-hybridized carbons (Fsp3) is 0.409. The number of nitrogens with one attached hydrogen (secondary N) is 2. The molecule has 2 atom stereocenters. The van der Waals surface area contributed by atoms with Crippen molar-refractivity contribution in [3.05, 3.63) is 52.5 Å². The Kier molecular flexibility index (Phi) is 5.74. The molecule has 1 unspecified atom stereocenters. The minimum atomic E-state index is 0.0154. The van der Waals surface area contributed by atoms with Gasteiger partial charge in [0.05, 0.1) is 19.8 Å². The summed E-state index contributed by atoms with van der Waals surface area (Å²) in [7, 11) is 0. The normalized spacial score (nSPS) is 21.2. The first kappa shape index (κ1) is 19.1. The number of anilines is 1. The van der Waals surface area contributed by atoms with E-state index in [1.165, 1.54) is 10.5 Å².